The number of hydrogen-bond acceptors (Lipinski definition) is 2. The maximum Gasteiger partial charge on any atom is 0.0625 e. The highest BCUT2D eigenvalue weighted by Crippen LogP contribution is 2.14. The molecule has 0 radical (unpaired) electrons. The molecular formula is C14H18IN3. The topological polar surface area (TPSA) is 29.9 Å². The van der Waals surface area contributed by atoms with E-state index in [-0.39, 0.29) is 0 Å². The Morgan fingerprint density at radius 3 is 2.78 bits per heavy atom. The van der Waals surface area contributed by atoms with Gasteiger partial charge in [0.05, 0.1) is 17.9 Å². The number of rotatable bonds is 5. The lowest BCUT2D eigenvalue weighted by molar-refractivity contribution is 0.619. The first-order valence-electron chi connectivity index (χ1n) is 6.28. The summed E-state index contributed by atoms with van der Waals surface area (Å²) in [7, 11) is 0. The summed E-state index contributed by atoms with van der Waals surface area (Å²) in [6, 6.07) is 10.6. The van der Waals surface area contributed by atoms with Gasteiger partial charge in [0.25, 0.3) is 0 Å². The van der Waals surface area contributed by atoms with E-state index in [1.54, 1.807) is 0 Å². The number of hydrogen-bond donors (Lipinski definition) is 1. The molecule has 1 N–H and O–H groups in total. The average Bonchev–Trinajstić information content (AvgIpc) is 2.79. The van der Waals surface area contributed by atoms with Crippen LogP contribution >= 0.6 is 22.6 Å². The zero-order valence-electron chi connectivity index (χ0n) is 10.8. The van der Waals surface area contributed by atoms with Gasteiger partial charge in [0, 0.05) is 15.8 Å². The number of aryl methyl sites for hydroxylation is 2. The van der Waals surface area contributed by atoms with Gasteiger partial charge >= 0.3 is 0 Å². The standard InChI is InChI=1S/C14H18IN3/c1-3-12-9-14(18(4-2)17-12)10-16-13-7-5-6-11(15)8-13/h5-9,16H,3-4,10H2,1-2H3. The van der Waals surface area contributed by atoms with E-state index < -0.39 is 0 Å². The molecule has 0 saturated carbocycles. The molecule has 0 aliphatic heterocycles. The molecular weight excluding hydrogens is 337 g/mol. The summed E-state index contributed by atoms with van der Waals surface area (Å²) in [4.78, 5) is 0. The fourth-order valence-corrected chi connectivity index (χ4v) is 2.44. The first-order valence-corrected chi connectivity index (χ1v) is 7.35. The van der Waals surface area contributed by atoms with Gasteiger partial charge in [0.1, 0.15) is 0 Å². The summed E-state index contributed by atoms with van der Waals surface area (Å²) < 4.78 is 3.32. The zero-order valence-corrected chi connectivity index (χ0v) is 12.9. The number of benzene rings is 1. The molecule has 0 unspecified atom stereocenters. The first-order chi connectivity index (χ1) is 8.72. The Hall–Kier alpha value is -1.04. The third kappa shape index (κ3) is 3.25. The van der Waals surface area contributed by atoms with Crippen LogP contribution in [-0.2, 0) is 19.5 Å². The maximum absolute atomic E-state index is 4.55. The molecule has 0 atom stereocenters. The third-order valence-corrected chi connectivity index (χ3v) is 3.54. The van der Waals surface area contributed by atoms with Crippen LogP contribution in [0.5, 0.6) is 0 Å². The van der Waals surface area contributed by atoms with Crippen molar-refractivity contribution in [3.63, 3.8) is 0 Å². The fourth-order valence-electron chi connectivity index (χ4n) is 1.89. The van der Waals surface area contributed by atoms with Crippen molar-refractivity contribution in [1.29, 1.82) is 0 Å². The molecule has 0 bridgehead atoms. The molecule has 0 amide bonds. The highest BCUT2D eigenvalue weighted by molar-refractivity contribution is 14.1. The van der Waals surface area contributed by atoms with Gasteiger partial charge in [-0.05, 0) is 60.2 Å². The highest BCUT2D eigenvalue weighted by atomic mass is 127. The predicted octanol–water partition coefficient (Wildman–Crippen LogP) is 3.68. The minimum atomic E-state index is 0.820. The van der Waals surface area contributed by atoms with Crippen molar-refractivity contribution < 1.29 is 0 Å². The van der Waals surface area contributed by atoms with E-state index in [0.717, 1.165) is 30.9 Å². The highest BCUT2D eigenvalue weighted by Gasteiger charge is 2.05. The van der Waals surface area contributed by atoms with Crippen LogP contribution < -0.4 is 5.32 Å². The van der Waals surface area contributed by atoms with Crippen molar-refractivity contribution in [2.45, 2.75) is 33.4 Å². The van der Waals surface area contributed by atoms with Gasteiger partial charge in [-0.3, -0.25) is 4.68 Å². The molecule has 2 aromatic rings. The van der Waals surface area contributed by atoms with Gasteiger partial charge in [0.2, 0.25) is 0 Å². The second-order valence-electron chi connectivity index (χ2n) is 4.16. The lowest BCUT2D eigenvalue weighted by atomic mass is 10.3. The summed E-state index contributed by atoms with van der Waals surface area (Å²) in [5, 5.41) is 8.00. The third-order valence-electron chi connectivity index (χ3n) is 2.87. The van der Waals surface area contributed by atoms with Crippen molar-refractivity contribution in [2.75, 3.05) is 5.32 Å². The van der Waals surface area contributed by atoms with Crippen LogP contribution in [0.25, 0.3) is 0 Å². The Balaban J connectivity index is 2.07. The largest absolute Gasteiger partial charge is 0.379 e. The van der Waals surface area contributed by atoms with Gasteiger partial charge in [-0.1, -0.05) is 13.0 Å². The van der Waals surface area contributed by atoms with E-state index in [1.807, 2.05) is 0 Å². The van der Waals surface area contributed by atoms with Crippen LogP contribution in [0.4, 0.5) is 5.69 Å². The van der Waals surface area contributed by atoms with E-state index >= 15 is 0 Å². The Bertz CT molecular complexity index is 520. The maximum atomic E-state index is 4.55. The Morgan fingerprint density at radius 1 is 1.28 bits per heavy atom. The van der Waals surface area contributed by atoms with E-state index in [1.165, 1.54) is 9.26 Å². The van der Waals surface area contributed by atoms with Crippen molar-refractivity contribution in [1.82, 2.24) is 9.78 Å². The van der Waals surface area contributed by atoms with E-state index in [2.05, 4.69) is 81.9 Å². The number of nitrogens with zero attached hydrogens (tertiary/aromatic N) is 2. The normalized spacial score (nSPS) is 10.6. The minimum absolute atomic E-state index is 0.820. The van der Waals surface area contributed by atoms with Gasteiger partial charge in [-0.25, -0.2) is 0 Å². The molecule has 3 nitrogen and oxygen atoms in total. The summed E-state index contributed by atoms with van der Waals surface area (Å²) in [5.74, 6) is 0. The Morgan fingerprint density at radius 2 is 2.11 bits per heavy atom. The van der Waals surface area contributed by atoms with Crippen LogP contribution in [-0.4, -0.2) is 9.78 Å². The predicted molar refractivity (Wildman–Crippen MR) is 83.8 cm³/mol. The molecule has 96 valence electrons. The quantitative estimate of drug-likeness (QED) is 0.830. The minimum Gasteiger partial charge on any atom is -0.379 e. The molecule has 1 aromatic heterocycles. The summed E-state index contributed by atoms with van der Waals surface area (Å²) in [6.07, 6.45) is 0.989. The average molecular weight is 355 g/mol. The van der Waals surface area contributed by atoms with Crippen molar-refractivity contribution in [3.8, 4) is 0 Å². The molecule has 0 aliphatic rings. The second-order valence-corrected chi connectivity index (χ2v) is 5.41. The number of aromatic nitrogens is 2. The van der Waals surface area contributed by atoms with Crippen molar-refractivity contribution in [3.05, 3.63) is 45.3 Å². The summed E-state index contributed by atoms with van der Waals surface area (Å²) in [6.45, 7) is 6.00. The second kappa shape index (κ2) is 6.22. The van der Waals surface area contributed by atoms with E-state index in [9.17, 15) is 0 Å². The molecule has 0 spiro atoms. The zero-order chi connectivity index (χ0) is 13.0. The number of halogens is 1. The Kier molecular flexibility index (Phi) is 4.63. The number of anilines is 1. The lowest BCUT2D eigenvalue weighted by Crippen LogP contribution is -2.07. The van der Waals surface area contributed by atoms with E-state index in [0.29, 0.717) is 0 Å². The molecule has 0 saturated heterocycles. The van der Waals surface area contributed by atoms with Crippen LogP contribution in [0.15, 0.2) is 30.3 Å². The van der Waals surface area contributed by atoms with Crippen LogP contribution in [0.3, 0.4) is 0 Å². The molecule has 4 heteroatoms. The van der Waals surface area contributed by atoms with Crippen LogP contribution in [0.1, 0.15) is 25.2 Å². The molecule has 0 aliphatic carbocycles. The fraction of sp³-hybridized carbons (Fsp3) is 0.357. The van der Waals surface area contributed by atoms with Gasteiger partial charge < -0.3 is 5.32 Å². The summed E-state index contributed by atoms with van der Waals surface area (Å²) >= 11 is 2.33. The van der Waals surface area contributed by atoms with Crippen LogP contribution in [0, 0.1) is 3.57 Å². The molecule has 18 heavy (non-hydrogen) atoms. The molecule has 1 aromatic carbocycles. The Labute approximate surface area is 122 Å². The summed E-state index contributed by atoms with van der Waals surface area (Å²) in [5.41, 5.74) is 3.56. The van der Waals surface area contributed by atoms with Crippen LogP contribution in [0.2, 0.25) is 0 Å². The van der Waals surface area contributed by atoms with Crippen molar-refractivity contribution in [2.24, 2.45) is 0 Å². The first kappa shape index (κ1) is 13.4. The molecule has 2 rings (SSSR count). The lowest BCUT2D eigenvalue weighted by Gasteiger charge is -2.08. The van der Waals surface area contributed by atoms with Gasteiger partial charge in [-0.2, -0.15) is 5.10 Å². The van der Waals surface area contributed by atoms with Gasteiger partial charge in [0.15, 0.2) is 0 Å². The molecule has 1 heterocycles. The number of nitrogens with one attached hydrogen (secondary N) is 1. The molecule has 0 fully saturated rings. The SMILES string of the molecule is CCc1cc(CNc2cccc(I)c2)n(CC)n1. The smallest absolute Gasteiger partial charge is 0.0625 e. The monoisotopic (exact) mass is 355 g/mol. The van der Waals surface area contributed by atoms with Gasteiger partial charge in [-0.15, -0.1) is 0 Å². The van der Waals surface area contributed by atoms with Crippen molar-refractivity contribution >= 4 is 28.3 Å². The van der Waals surface area contributed by atoms with E-state index in [4.69, 9.17) is 0 Å².